The molecule has 1 amide bonds. The van der Waals surface area contributed by atoms with Crippen molar-refractivity contribution in [3.05, 3.63) is 52.7 Å². The molecule has 7 nitrogen and oxygen atoms in total. The maximum atomic E-state index is 12.9. The van der Waals surface area contributed by atoms with Gasteiger partial charge in [-0.25, -0.2) is 4.98 Å². The highest BCUT2D eigenvalue weighted by atomic mass is 32.1. The second-order valence-electron chi connectivity index (χ2n) is 9.35. The van der Waals surface area contributed by atoms with Crippen LogP contribution in [-0.2, 0) is 28.9 Å². The van der Waals surface area contributed by atoms with E-state index in [1.165, 1.54) is 5.56 Å². The van der Waals surface area contributed by atoms with Gasteiger partial charge >= 0.3 is 5.97 Å². The van der Waals surface area contributed by atoms with Crippen LogP contribution in [0.2, 0.25) is 0 Å². The number of aliphatic carboxylic acids is 1. The average molecular weight is 484 g/mol. The minimum absolute atomic E-state index is 0. The number of nitrogens with one attached hydrogen (secondary N) is 1. The van der Waals surface area contributed by atoms with E-state index in [1.54, 1.807) is 4.90 Å². The Kier molecular flexibility index (Phi) is 7.66. The Labute approximate surface area is 207 Å². The standard InChI is InChI=1S/C26H31N3O4.H2S/c30-24(31)15-22(19-8-7-17-11-13-33-23(17)14-19)29-16-20(26(29)32)4-1-2-6-21-10-9-18-5-3-12-27-25(18)28-21;/h7-10,14,20,22H,1-6,11-13,15-16H2,(H,27,28)(H,30,31);1H2/t20?,22-;/m0./s1. The molecule has 8 heteroatoms. The molecule has 5 rings (SSSR count). The molecule has 0 spiro atoms. The topological polar surface area (TPSA) is 91.8 Å². The lowest BCUT2D eigenvalue weighted by molar-refractivity contribution is -0.154. The van der Waals surface area contributed by atoms with Crippen LogP contribution in [0.25, 0.3) is 0 Å². The molecule has 1 fully saturated rings. The number of pyridine rings is 1. The number of ether oxygens (including phenoxy) is 1. The first kappa shape index (κ1) is 24.4. The predicted octanol–water partition coefficient (Wildman–Crippen LogP) is 3.87. The predicted molar refractivity (Wildman–Crippen MR) is 135 cm³/mol. The molecule has 1 aromatic carbocycles. The van der Waals surface area contributed by atoms with Crippen molar-refractivity contribution in [1.82, 2.24) is 9.88 Å². The van der Waals surface area contributed by atoms with Crippen molar-refractivity contribution in [1.29, 1.82) is 0 Å². The lowest BCUT2D eigenvalue weighted by Gasteiger charge is -2.43. The van der Waals surface area contributed by atoms with Crippen LogP contribution in [0.15, 0.2) is 30.3 Å². The van der Waals surface area contributed by atoms with Gasteiger partial charge in [-0.05, 0) is 60.9 Å². The number of anilines is 1. The van der Waals surface area contributed by atoms with E-state index in [0.717, 1.165) is 79.9 Å². The normalized spacial score (nSPS) is 19.1. The van der Waals surface area contributed by atoms with Crippen LogP contribution in [0.1, 0.15) is 60.5 Å². The summed E-state index contributed by atoms with van der Waals surface area (Å²) < 4.78 is 5.65. The van der Waals surface area contributed by atoms with Crippen LogP contribution in [0, 0.1) is 5.92 Å². The summed E-state index contributed by atoms with van der Waals surface area (Å²) >= 11 is 0. The smallest absolute Gasteiger partial charge is 0.305 e. The number of unbranched alkanes of at least 4 members (excludes halogenated alkanes) is 1. The Hall–Kier alpha value is -2.74. The maximum Gasteiger partial charge on any atom is 0.305 e. The second kappa shape index (κ2) is 10.7. The summed E-state index contributed by atoms with van der Waals surface area (Å²) in [5.74, 6) is 1.01. The zero-order chi connectivity index (χ0) is 22.8. The number of likely N-dealkylation sites (tertiary alicyclic amines) is 1. The summed E-state index contributed by atoms with van der Waals surface area (Å²) in [6.07, 6.45) is 6.76. The van der Waals surface area contributed by atoms with E-state index in [4.69, 9.17) is 9.72 Å². The van der Waals surface area contributed by atoms with Gasteiger partial charge in [-0.2, -0.15) is 13.5 Å². The molecule has 2 atom stereocenters. The van der Waals surface area contributed by atoms with Gasteiger partial charge in [0, 0.05) is 25.2 Å². The summed E-state index contributed by atoms with van der Waals surface area (Å²) in [6, 6.07) is 9.73. The van der Waals surface area contributed by atoms with E-state index in [0.29, 0.717) is 13.2 Å². The third kappa shape index (κ3) is 5.17. The molecule has 4 heterocycles. The number of carboxylic acids is 1. The van der Waals surface area contributed by atoms with Crippen molar-refractivity contribution < 1.29 is 19.4 Å². The van der Waals surface area contributed by atoms with Gasteiger partial charge in [-0.1, -0.05) is 24.6 Å². The molecule has 0 saturated carbocycles. The summed E-state index contributed by atoms with van der Waals surface area (Å²) in [4.78, 5) is 30.9. The summed E-state index contributed by atoms with van der Waals surface area (Å²) in [5, 5.41) is 12.8. The quantitative estimate of drug-likeness (QED) is 0.416. The van der Waals surface area contributed by atoms with Crippen LogP contribution in [0.4, 0.5) is 5.82 Å². The highest BCUT2D eigenvalue weighted by Gasteiger charge is 2.41. The lowest BCUT2D eigenvalue weighted by Crippen LogP contribution is -2.54. The molecule has 1 saturated heterocycles. The Balaban J connectivity index is 0.00000274. The monoisotopic (exact) mass is 483 g/mol. The summed E-state index contributed by atoms with van der Waals surface area (Å²) in [6.45, 7) is 2.27. The van der Waals surface area contributed by atoms with Crippen molar-refractivity contribution in [3.8, 4) is 5.75 Å². The van der Waals surface area contributed by atoms with E-state index in [-0.39, 0.29) is 31.7 Å². The fourth-order valence-corrected chi connectivity index (χ4v) is 5.19. The van der Waals surface area contributed by atoms with Gasteiger partial charge < -0.3 is 20.1 Å². The van der Waals surface area contributed by atoms with Crippen LogP contribution in [0.5, 0.6) is 5.75 Å². The zero-order valence-electron chi connectivity index (χ0n) is 19.4. The number of hydrogen-bond donors (Lipinski definition) is 2. The molecular weight excluding hydrogens is 450 g/mol. The minimum Gasteiger partial charge on any atom is -0.493 e. The van der Waals surface area contributed by atoms with Crippen molar-refractivity contribution in [2.45, 2.75) is 57.4 Å². The molecule has 0 bridgehead atoms. The van der Waals surface area contributed by atoms with E-state index in [9.17, 15) is 14.7 Å². The molecule has 34 heavy (non-hydrogen) atoms. The number of hydrogen-bond acceptors (Lipinski definition) is 5. The Bertz CT molecular complexity index is 1060. The Morgan fingerprint density at radius 1 is 1.21 bits per heavy atom. The summed E-state index contributed by atoms with van der Waals surface area (Å²) in [7, 11) is 0. The van der Waals surface area contributed by atoms with E-state index >= 15 is 0 Å². The van der Waals surface area contributed by atoms with E-state index in [1.807, 2.05) is 18.2 Å². The fourth-order valence-electron chi connectivity index (χ4n) is 5.19. The highest BCUT2D eigenvalue weighted by molar-refractivity contribution is 7.59. The van der Waals surface area contributed by atoms with Gasteiger partial charge in [0.2, 0.25) is 5.91 Å². The number of aryl methyl sites for hydroxylation is 2. The molecule has 1 unspecified atom stereocenters. The average Bonchev–Trinajstić information content (AvgIpc) is 3.29. The van der Waals surface area contributed by atoms with Crippen LogP contribution in [-0.4, -0.2) is 46.6 Å². The maximum absolute atomic E-state index is 12.9. The highest BCUT2D eigenvalue weighted by Crippen LogP contribution is 2.37. The van der Waals surface area contributed by atoms with Gasteiger partial charge in [0.05, 0.1) is 25.0 Å². The van der Waals surface area contributed by atoms with Gasteiger partial charge in [0.15, 0.2) is 0 Å². The number of nitrogens with zero attached hydrogens (tertiary/aromatic N) is 2. The first-order valence-corrected chi connectivity index (χ1v) is 12.1. The molecule has 2 N–H and O–H groups in total. The number of carboxylic acid groups (broad SMARTS) is 1. The molecule has 0 aliphatic carbocycles. The molecule has 182 valence electrons. The van der Waals surface area contributed by atoms with Crippen molar-refractivity contribution >= 4 is 31.2 Å². The van der Waals surface area contributed by atoms with Crippen molar-refractivity contribution in [2.24, 2.45) is 5.92 Å². The molecule has 3 aliphatic heterocycles. The number of carbonyl (C=O) groups is 2. The number of fused-ring (bicyclic) bond motifs is 2. The first-order chi connectivity index (χ1) is 16.1. The number of amides is 1. The Morgan fingerprint density at radius 3 is 2.88 bits per heavy atom. The largest absolute Gasteiger partial charge is 0.493 e. The van der Waals surface area contributed by atoms with Crippen LogP contribution in [0.3, 0.4) is 0 Å². The third-order valence-electron chi connectivity index (χ3n) is 7.09. The third-order valence-corrected chi connectivity index (χ3v) is 7.09. The number of β-lactam (4-membered cyclic amide) rings is 1. The van der Waals surface area contributed by atoms with Gasteiger partial charge in [-0.15, -0.1) is 0 Å². The summed E-state index contributed by atoms with van der Waals surface area (Å²) in [5.41, 5.74) is 4.39. The molecular formula is C26H33N3O4S. The zero-order valence-corrected chi connectivity index (χ0v) is 20.4. The fraction of sp³-hybridized carbons (Fsp3) is 0.500. The minimum atomic E-state index is -0.898. The van der Waals surface area contributed by atoms with Crippen molar-refractivity contribution in [3.63, 3.8) is 0 Å². The Morgan fingerprint density at radius 2 is 2.06 bits per heavy atom. The second-order valence-corrected chi connectivity index (χ2v) is 9.35. The first-order valence-electron chi connectivity index (χ1n) is 12.1. The molecule has 2 aromatic rings. The number of aromatic nitrogens is 1. The molecule has 1 aromatic heterocycles. The van der Waals surface area contributed by atoms with Crippen LogP contribution >= 0.6 is 13.5 Å². The molecule has 0 radical (unpaired) electrons. The van der Waals surface area contributed by atoms with Gasteiger partial charge in [0.25, 0.3) is 0 Å². The van der Waals surface area contributed by atoms with Gasteiger partial charge in [0.1, 0.15) is 11.6 Å². The van der Waals surface area contributed by atoms with Crippen LogP contribution < -0.4 is 10.1 Å². The number of benzene rings is 1. The van der Waals surface area contributed by atoms with Crippen molar-refractivity contribution in [2.75, 3.05) is 25.0 Å². The lowest BCUT2D eigenvalue weighted by atomic mass is 9.87. The van der Waals surface area contributed by atoms with E-state index in [2.05, 4.69) is 17.4 Å². The van der Waals surface area contributed by atoms with E-state index < -0.39 is 12.0 Å². The number of rotatable bonds is 9. The SMILES string of the molecule is O=C(O)C[C@@H](c1ccc2c(c1)OCC2)N1CC(CCCCc2ccc3c(n2)NCCC3)C1=O.S. The number of carbonyl (C=O) groups excluding carboxylic acids is 1. The van der Waals surface area contributed by atoms with Gasteiger partial charge in [-0.3, -0.25) is 9.59 Å². The molecule has 3 aliphatic rings.